The number of amides is 1. The van der Waals surface area contributed by atoms with E-state index in [4.69, 9.17) is 16.3 Å². The highest BCUT2D eigenvalue weighted by atomic mass is 35.5. The molecule has 0 heterocycles. The molecule has 0 saturated heterocycles. The Balaban J connectivity index is 2.23. The second kappa shape index (κ2) is 9.37. The van der Waals surface area contributed by atoms with Crippen molar-refractivity contribution in [2.75, 3.05) is 25.0 Å². The number of ether oxygens (including phenoxy) is 1. The van der Waals surface area contributed by atoms with Crippen molar-refractivity contribution in [2.24, 2.45) is 0 Å². The zero-order valence-corrected chi connectivity index (χ0v) is 13.1. The molecule has 0 aliphatic carbocycles. The van der Waals surface area contributed by atoms with Crippen LogP contribution in [0.3, 0.4) is 0 Å². The van der Waals surface area contributed by atoms with E-state index in [1.54, 1.807) is 25.1 Å². The molecule has 0 unspecified atom stereocenters. The first-order valence-corrected chi connectivity index (χ1v) is 7.33. The summed E-state index contributed by atoms with van der Waals surface area (Å²) in [6.07, 6.45) is 0.998. The quantitative estimate of drug-likeness (QED) is 0.572. The second-order valence-electron chi connectivity index (χ2n) is 4.55. The number of halogens is 1. The Labute approximate surface area is 130 Å². The summed E-state index contributed by atoms with van der Waals surface area (Å²) in [4.78, 5) is 22.9. The molecule has 6 heteroatoms. The van der Waals surface area contributed by atoms with E-state index in [0.717, 1.165) is 5.56 Å². The van der Waals surface area contributed by atoms with Crippen LogP contribution in [0.5, 0.6) is 0 Å². The van der Waals surface area contributed by atoms with Crippen LogP contribution in [0.25, 0.3) is 0 Å². The summed E-state index contributed by atoms with van der Waals surface area (Å²) in [5, 5.41) is 6.40. The zero-order chi connectivity index (χ0) is 15.7. The Morgan fingerprint density at radius 2 is 2.10 bits per heavy atom. The van der Waals surface area contributed by atoms with Gasteiger partial charge in [0.05, 0.1) is 13.2 Å². The first-order valence-electron chi connectivity index (χ1n) is 6.96. The Hall–Kier alpha value is -1.59. The van der Waals surface area contributed by atoms with Crippen molar-refractivity contribution in [3.05, 3.63) is 28.8 Å². The van der Waals surface area contributed by atoms with Crippen LogP contribution in [0.15, 0.2) is 18.2 Å². The van der Waals surface area contributed by atoms with Gasteiger partial charge in [-0.25, -0.2) is 0 Å². The molecule has 0 bridgehead atoms. The third-order valence-corrected chi connectivity index (χ3v) is 3.28. The molecule has 1 aromatic rings. The lowest BCUT2D eigenvalue weighted by atomic mass is 10.2. The summed E-state index contributed by atoms with van der Waals surface area (Å²) in [5.41, 5.74) is 1.55. The molecular formula is C15H21ClN2O3. The number of anilines is 1. The van der Waals surface area contributed by atoms with Gasteiger partial charge < -0.3 is 15.4 Å². The minimum atomic E-state index is -0.210. The number of hydrogen-bond acceptors (Lipinski definition) is 4. The maximum absolute atomic E-state index is 11.8. The van der Waals surface area contributed by atoms with Gasteiger partial charge in [0.1, 0.15) is 0 Å². The van der Waals surface area contributed by atoms with Gasteiger partial charge in [-0.1, -0.05) is 17.7 Å². The first kappa shape index (κ1) is 17.5. The molecule has 0 aliphatic heterocycles. The van der Waals surface area contributed by atoms with E-state index >= 15 is 0 Å². The van der Waals surface area contributed by atoms with Gasteiger partial charge in [0.2, 0.25) is 5.91 Å². The molecular weight excluding hydrogens is 292 g/mol. The van der Waals surface area contributed by atoms with Crippen molar-refractivity contribution in [2.45, 2.75) is 26.7 Å². The van der Waals surface area contributed by atoms with E-state index in [0.29, 0.717) is 36.7 Å². The monoisotopic (exact) mass is 312 g/mol. The highest BCUT2D eigenvalue weighted by Crippen LogP contribution is 2.22. The standard InChI is InChI=1S/C15H21ClN2O3/c1-3-21-15(20)8-5-9-17-10-14(19)18-13-7-4-6-12(16)11(13)2/h4,6-7,17H,3,5,8-10H2,1-2H3,(H,18,19). The normalized spacial score (nSPS) is 10.2. The fourth-order valence-electron chi connectivity index (χ4n) is 1.73. The summed E-state index contributed by atoms with van der Waals surface area (Å²) in [7, 11) is 0. The summed E-state index contributed by atoms with van der Waals surface area (Å²) < 4.78 is 4.81. The van der Waals surface area contributed by atoms with E-state index in [-0.39, 0.29) is 18.4 Å². The number of nitrogens with one attached hydrogen (secondary N) is 2. The van der Waals surface area contributed by atoms with Crippen molar-refractivity contribution in [1.29, 1.82) is 0 Å². The third kappa shape index (κ3) is 6.60. The fourth-order valence-corrected chi connectivity index (χ4v) is 1.90. The van der Waals surface area contributed by atoms with Gasteiger partial charge >= 0.3 is 5.97 Å². The van der Waals surface area contributed by atoms with Crippen LogP contribution in [0, 0.1) is 6.92 Å². The third-order valence-electron chi connectivity index (χ3n) is 2.87. The Bertz CT molecular complexity index is 492. The Morgan fingerprint density at radius 1 is 1.33 bits per heavy atom. The van der Waals surface area contributed by atoms with Crippen LogP contribution in [0.1, 0.15) is 25.3 Å². The number of rotatable bonds is 8. The molecule has 0 atom stereocenters. The van der Waals surface area contributed by atoms with Gasteiger partial charge in [0, 0.05) is 17.1 Å². The van der Waals surface area contributed by atoms with Crippen LogP contribution in [0.4, 0.5) is 5.69 Å². The van der Waals surface area contributed by atoms with Gasteiger partial charge in [-0.15, -0.1) is 0 Å². The van der Waals surface area contributed by atoms with Gasteiger partial charge in [-0.05, 0) is 44.5 Å². The van der Waals surface area contributed by atoms with Crippen LogP contribution < -0.4 is 10.6 Å². The number of benzene rings is 1. The van der Waals surface area contributed by atoms with Crippen molar-refractivity contribution >= 4 is 29.2 Å². The minimum Gasteiger partial charge on any atom is -0.466 e. The summed E-state index contributed by atoms with van der Waals surface area (Å²) >= 11 is 5.99. The molecule has 0 radical (unpaired) electrons. The predicted molar refractivity (Wildman–Crippen MR) is 83.6 cm³/mol. The van der Waals surface area contributed by atoms with E-state index in [1.165, 1.54) is 0 Å². The van der Waals surface area contributed by atoms with Crippen LogP contribution in [-0.4, -0.2) is 31.6 Å². The summed E-state index contributed by atoms with van der Waals surface area (Å²) in [6, 6.07) is 5.37. The number of esters is 1. The van der Waals surface area contributed by atoms with Crippen molar-refractivity contribution < 1.29 is 14.3 Å². The molecule has 116 valence electrons. The average Bonchev–Trinajstić information content (AvgIpc) is 2.44. The average molecular weight is 313 g/mol. The van der Waals surface area contributed by atoms with Gasteiger partial charge in [-0.2, -0.15) is 0 Å². The molecule has 0 aromatic heterocycles. The van der Waals surface area contributed by atoms with Gasteiger partial charge in [0.25, 0.3) is 0 Å². The summed E-state index contributed by atoms with van der Waals surface area (Å²) in [6.45, 7) is 4.80. The Morgan fingerprint density at radius 3 is 2.81 bits per heavy atom. The number of carbonyl (C=O) groups excluding carboxylic acids is 2. The van der Waals surface area contributed by atoms with E-state index in [9.17, 15) is 9.59 Å². The fraction of sp³-hybridized carbons (Fsp3) is 0.467. The topological polar surface area (TPSA) is 67.4 Å². The lowest BCUT2D eigenvalue weighted by molar-refractivity contribution is -0.143. The van der Waals surface area contributed by atoms with Crippen LogP contribution >= 0.6 is 11.6 Å². The maximum atomic E-state index is 11.8. The molecule has 0 spiro atoms. The molecule has 0 fully saturated rings. The molecule has 0 aliphatic rings. The lowest BCUT2D eigenvalue weighted by Crippen LogP contribution is -2.29. The second-order valence-corrected chi connectivity index (χ2v) is 4.95. The smallest absolute Gasteiger partial charge is 0.305 e. The first-order chi connectivity index (χ1) is 10.0. The van der Waals surface area contributed by atoms with Crippen molar-refractivity contribution in [1.82, 2.24) is 5.32 Å². The SMILES string of the molecule is CCOC(=O)CCCNCC(=O)Nc1cccc(Cl)c1C. The predicted octanol–water partition coefficient (Wildman–Crippen LogP) is 2.52. The number of hydrogen-bond donors (Lipinski definition) is 2. The molecule has 0 saturated carbocycles. The minimum absolute atomic E-state index is 0.142. The largest absolute Gasteiger partial charge is 0.466 e. The van der Waals surface area contributed by atoms with Crippen LogP contribution in [0.2, 0.25) is 5.02 Å². The zero-order valence-electron chi connectivity index (χ0n) is 12.4. The lowest BCUT2D eigenvalue weighted by Gasteiger charge is -2.10. The maximum Gasteiger partial charge on any atom is 0.305 e. The highest BCUT2D eigenvalue weighted by Gasteiger charge is 2.06. The molecule has 5 nitrogen and oxygen atoms in total. The molecule has 2 N–H and O–H groups in total. The molecule has 21 heavy (non-hydrogen) atoms. The molecule has 1 rings (SSSR count). The van der Waals surface area contributed by atoms with Crippen molar-refractivity contribution in [3.63, 3.8) is 0 Å². The van der Waals surface area contributed by atoms with Gasteiger partial charge in [0.15, 0.2) is 0 Å². The Kier molecular flexibility index (Phi) is 7.79. The highest BCUT2D eigenvalue weighted by molar-refractivity contribution is 6.31. The van der Waals surface area contributed by atoms with E-state index < -0.39 is 0 Å². The molecule has 1 aromatic carbocycles. The van der Waals surface area contributed by atoms with E-state index in [2.05, 4.69) is 10.6 Å². The van der Waals surface area contributed by atoms with Crippen LogP contribution in [-0.2, 0) is 14.3 Å². The van der Waals surface area contributed by atoms with E-state index in [1.807, 2.05) is 6.92 Å². The summed E-state index contributed by atoms with van der Waals surface area (Å²) in [5.74, 6) is -0.352. The number of carbonyl (C=O) groups is 2. The van der Waals surface area contributed by atoms with Gasteiger partial charge in [-0.3, -0.25) is 9.59 Å². The molecule has 1 amide bonds. The van der Waals surface area contributed by atoms with Crippen molar-refractivity contribution in [3.8, 4) is 0 Å².